The fourth-order valence-electron chi connectivity index (χ4n) is 2.21. The van der Waals surface area contributed by atoms with E-state index in [9.17, 15) is 14.0 Å². The van der Waals surface area contributed by atoms with Gasteiger partial charge in [-0.3, -0.25) is 9.59 Å². The lowest BCUT2D eigenvalue weighted by molar-refractivity contribution is -0.141. The number of aliphatic carboxylic acids is 1. The molecule has 2 N–H and O–H groups in total. The second kappa shape index (κ2) is 5.16. The smallest absolute Gasteiger partial charge is 0.306 e. The fourth-order valence-corrected chi connectivity index (χ4v) is 2.21. The molecule has 0 bridgehead atoms. The Morgan fingerprint density at radius 1 is 1.22 bits per heavy atom. The zero-order chi connectivity index (χ0) is 13.1. The van der Waals surface area contributed by atoms with E-state index in [1.807, 2.05) is 0 Å². The second-order valence-electron chi connectivity index (χ2n) is 4.53. The van der Waals surface area contributed by atoms with Crippen LogP contribution in [0.25, 0.3) is 0 Å². The molecule has 0 spiro atoms. The van der Waals surface area contributed by atoms with Gasteiger partial charge in [0.1, 0.15) is 5.82 Å². The summed E-state index contributed by atoms with van der Waals surface area (Å²) in [6.45, 7) is 0. The molecule has 1 aliphatic rings. The Bertz CT molecular complexity index is 458. The highest BCUT2D eigenvalue weighted by atomic mass is 19.1. The molecule has 0 heterocycles. The van der Waals surface area contributed by atoms with E-state index in [2.05, 4.69) is 5.32 Å². The maximum atomic E-state index is 12.7. The maximum absolute atomic E-state index is 12.7. The Labute approximate surface area is 104 Å². The average molecular weight is 251 g/mol. The summed E-state index contributed by atoms with van der Waals surface area (Å²) < 4.78 is 12.7. The molecule has 4 nitrogen and oxygen atoms in total. The van der Waals surface area contributed by atoms with Crippen LogP contribution in [0.1, 0.15) is 29.6 Å². The number of carboxylic acids is 1. The Morgan fingerprint density at radius 2 is 1.89 bits per heavy atom. The van der Waals surface area contributed by atoms with Crippen LogP contribution in [0, 0.1) is 11.7 Å². The molecule has 5 heteroatoms. The van der Waals surface area contributed by atoms with Gasteiger partial charge in [-0.25, -0.2) is 4.39 Å². The highest BCUT2D eigenvalue weighted by Crippen LogP contribution is 2.25. The monoisotopic (exact) mass is 251 g/mol. The number of nitrogens with one attached hydrogen (secondary N) is 1. The van der Waals surface area contributed by atoms with E-state index < -0.39 is 11.8 Å². The molecular formula is C13H14FNO3. The zero-order valence-electron chi connectivity index (χ0n) is 9.73. The van der Waals surface area contributed by atoms with E-state index in [4.69, 9.17) is 5.11 Å². The van der Waals surface area contributed by atoms with Crippen molar-refractivity contribution in [3.63, 3.8) is 0 Å². The summed E-state index contributed by atoms with van der Waals surface area (Å²) in [6, 6.07) is 5.17. The molecule has 2 atom stereocenters. The predicted molar refractivity (Wildman–Crippen MR) is 62.6 cm³/mol. The van der Waals surface area contributed by atoms with Crippen LogP contribution in [-0.2, 0) is 4.79 Å². The minimum absolute atomic E-state index is 0.108. The molecule has 0 aliphatic heterocycles. The lowest BCUT2D eigenvalue weighted by Crippen LogP contribution is -2.33. The number of rotatable bonds is 3. The number of halogens is 1. The molecule has 0 aromatic heterocycles. The summed E-state index contributed by atoms with van der Waals surface area (Å²) in [7, 11) is 0. The second-order valence-corrected chi connectivity index (χ2v) is 4.53. The molecule has 1 aliphatic carbocycles. The largest absolute Gasteiger partial charge is 0.481 e. The van der Waals surface area contributed by atoms with Crippen molar-refractivity contribution in [2.75, 3.05) is 0 Å². The maximum Gasteiger partial charge on any atom is 0.306 e. The van der Waals surface area contributed by atoms with Gasteiger partial charge in [0.15, 0.2) is 0 Å². The first-order valence-electron chi connectivity index (χ1n) is 5.85. The molecule has 2 rings (SSSR count). The van der Waals surface area contributed by atoms with Crippen molar-refractivity contribution in [1.82, 2.24) is 5.32 Å². The third kappa shape index (κ3) is 2.85. The van der Waals surface area contributed by atoms with E-state index in [0.717, 1.165) is 0 Å². The standard InChI is InChI=1S/C13H14FNO3/c14-10-4-1-8(2-5-10)12(16)15-11-6-3-9(7-11)13(17)18/h1-2,4-5,9,11H,3,6-7H2,(H,15,16)(H,17,18). The third-order valence-corrected chi connectivity index (χ3v) is 3.22. The molecule has 1 aromatic carbocycles. The minimum Gasteiger partial charge on any atom is -0.481 e. The van der Waals surface area contributed by atoms with Crippen LogP contribution in [-0.4, -0.2) is 23.0 Å². The van der Waals surface area contributed by atoms with Gasteiger partial charge < -0.3 is 10.4 Å². The van der Waals surface area contributed by atoms with Crippen LogP contribution < -0.4 is 5.32 Å². The van der Waals surface area contributed by atoms with Gasteiger partial charge >= 0.3 is 5.97 Å². The summed E-state index contributed by atoms with van der Waals surface area (Å²) in [5.41, 5.74) is 0.384. The first-order valence-corrected chi connectivity index (χ1v) is 5.85. The number of amides is 1. The van der Waals surface area contributed by atoms with Crippen LogP contribution in [0.15, 0.2) is 24.3 Å². The van der Waals surface area contributed by atoms with Gasteiger partial charge in [0.25, 0.3) is 5.91 Å². The Hall–Kier alpha value is -1.91. The zero-order valence-corrected chi connectivity index (χ0v) is 9.73. The van der Waals surface area contributed by atoms with Gasteiger partial charge in [0.05, 0.1) is 5.92 Å². The number of hydrogen-bond donors (Lipinski definition) is 2. The number of carbonyl (C=O) groups is 2. The molecule has 0 radical (unpaired) electrons. The van der Waals surface area contributed by atoms with E-state index >= 15 is 0 Å². The average Bonchev–Trinajstić information content (AvgIpc) is 2.78. The van der Waals surface area contributed by atoms with Crippen molar-refractivity contribution in [2.24, 2.45) is 5.92 Å². The first-order chi connectivity index (χ1) is 8.56. The minimum atomic E-state index is -0.812. The summed E-state index contributed by atoms with van der Waals surface area (Å²) in [6.07, 6.45) is 1.72. The van der Waals surface area contributed by atoms with Crippen molar-refractivity contribution in [3.8, 4) is 0 Å². The topological polar surface area (TPSA) is 66.4 Å². The highest BCUT2D eigenvalue weighted by molar-refractivity contribution is 5.94. The quantitative estimate of drug-likeness (QED) is 0.861. The van der Waals surface area contributed by atoms with E-state index in [1.54, 1.807) is 0 Å². The van der Waals surface area contributed by atoms with Gasteiger partial charge in [-0.15, -0.1) is 0 Å². The Kier molecular flexibility index (Phi) is 3.60. The third-order valence-electron chi connectivity index (χ3n) is 3.22. The Morgan fingerprint density at radius 3 is 2.44 bits per heavy atom. The van der Waals surface area contributed by atoms with E-state index in [-0.39, 0.29) is 17.9 Å². The molecular weight excluding hydrogens is 237 g/mol. The van der Waals surface area contributed by atoms with Crippen LogP contribution in [0.4, 0.5) is 4.39 Å². The van der Waals surface area contributed by atoms with Gasteiger partial charge in [-0.1, -0.05) is 0 Å². The van der Waals surface area contributed by atoms with Crippen LogP contribution in [0.2, 0.25) is 0 Å². The number of carboxylic acid groups (broad SMARTS) is 1. The van der Waals surface area contributed by atoms with E-state index in [0.29, 0.717) is 24.8 Å². The summed E-state index contributed by atoms with van der Waals surface area (Å²) >= 11 is 0. The van der Waals surface area contributed by atoms with Crippen LogP contribution in [0.5, 0.6) is 0 Å². The van der Waals surface area contributed by atoms with Crippen LogP contribution in [0.3, 0.4) is 0 Å². The summed E-state index contributed by atoms with van der Waals surface area (Å²) in [4.78, 5) is 22.6. The van der Waals surface area contributed by atoms with Gasteiger partial charge in [-0.2, -0.15) is 0 Å². The molecule has 2 unspecified atom stereocenters. The lowest BCUT2D eigenvalue weighted by Gasteiger charge is -2.12. The highest BCUT2D eigenvalue weighted by Gasteiger charge is 2.30. The van der Waals surface area contributed by atoms with Crippen molar-refractivity contribution < 1.29 is 19.1 Å². The van der Waals surface area contributed by atoms with Crippen LogP contribution >= 0.6 is 0 Å². The number of carbonyl (C=O) groups excluding carboxylic acids is 1. The first kappa shape index (κ1) is 12.5. The van der Waals surface area contributed by atoms with E-state index in [1.165, 1.54) is 24.3 Å². The van der Waals surface area contributed by atoms with Crippen molar-refractivity contribution in [2.45, 2.75) is 25.3 Å². The molecule has 96 valence electrons. The van der Waals surface area contributed by atoms with Crippen molar-refractivity contribution in [3.05, 3.63) is 35.6 Å². The molecule has 1 saturated carbocycles. The van der Waals surface area contributed by atoms with Crippen molar-refractivity contribution in [1.29, 1.82) is 0 Å². The molecule has 0 saturated heterocycles. The number of benzene rings is 1. The lowest BCUT2D eigenvalue weighted by atomic mass is 10.1. The molecule has 1 aromatic rings. The molecule has 18 heavy (non-hydrogen) atoms. The molecule has 1 fully saturated rings. The SMILES string of the molecule is O=C(NC1CCC(C(=O)O)C1)c1ccc(F)cc1. The van der Waals surface area contributed by atoms with Gasteiger partial charge in [-0.05, 0) is 43.5 Å². The van der Waals surface area contributed by atoms with Gasteiger partial charge in [0, 0.05) is 11.6 Å². The van der Waals surface area contributed by atoms with Gasteiger partial charge in [0.2, 0.25) is 0 Å². The predicted octanol–water partition coefficient (Wildman–Crippen LogP) is 1.81. The fraction of sp³-hybridized carbons (Fsp3) is 0.385. The molecule has 1 amide bonds. The van der Waals surface area contributed by atoms with Crippen molar-refractivity contribution >= 4 is 11.9 Å². The normalized spacial score (nSPS) is 22.7. The Balaban J connectivity index is 1.92. The summed E-state index contributed by atoms with van der Waals surface area (Å²) in [5.74, 6) is -1.86. The summed E-state index contributed by atoms with van der Waals surface area (Å²) in [5, 5.41) is 11.6. The number of hydrogen-bond acceptors (Lipinski definition) is 2.